The highest BCUT2D eigenvalue weighted by atomic mass is 16.6. The maximum absolute atomic E-state index is 11.1. The molecule has 7 heteroatoms. The lowest BCUT2D eigenvalue weighted by Gasteiger charge is -1.95. The molecule has 1 aromatic heterocycles. The van der Waals surface area contributed by atoms with Gasteiger partial charge in [0.2, 0.25) is 0 Å². The number of aromatic nitrogens is 1. The highest BCUT2D eigenvalue weighted by Gasteiger charge is 2.10. The molecule has 0 bridgehead atoms. The number of carboxylic acids is 1. The van der Waals surface area contributed by atoms with Crippen LogP contribution < -0.4 is 5.43 Å². The van der Waals surface area contributed by atoms with Crippen LogP contribution in [0.1, 0.15) is 5.56 Å². The van der Waals surface area contributed by atoms with Crippen LogP contribution in [0.15, 0.2) is 17.1 Å². The van der Waals surface area contributed by atoms with Gasteiger partial charge in [0.05, 0.1) is 18.7 Å². The van der Waals surface area contributed by atoms with Crippen LogP contribution in [0, 0.1) is 10.1 Å². The third-order valence-corrected chi connectivity index (χ3v) is 1.52. The lowest BCUT2D eigenvalue weighted by Crippen LogP contribution is -2.14. The molecule has 0 saturated heterocycles. The van der Waals surface area contributed by atoms with E-state index >= 15 is 0 Å². The maximum atomic E-state index is 11.1. The summed E-state index contributed by atoms with van der Waals surface area (Å²) in [5.41, 5.74) is -0.666. The molecule has 1 heterocycles. The van der Waals surface area contributed by atoms with Crippen molar-refractivity contribution in [2.24, 2.45) is 0 Å². The molecular formula is C7H6N2O5. The predicted octanol–water partition coefficient (Wildman–Crippen LogP) is -0.0898. The molecule has 1 aromatic rings. The van der Waals surface area contributed by atoms with Gasteiger partial charge >= 0.3 is 11.8 Å². The molecule has 0 radical (unpaired) electrons. The van der Waals surface area contributed by atoms with Crippen molar-refractivity contribution >= 4 is 11.8 Å². The molecule has 1 rings (SSSR count). The summed E-state index contributed by atoms with van der Waals surface area (Å²) in [6, 6.07) is 0.762. The lowest BCUT2D eigenvalue weighted by atomic mass is 10.2. The van der Waals surface area contributed by atoms with Crippen molar-refractivity contribution in [2.45, 2.75) is 6.42 Å². The SMILES string of the molecule is O=C(O)Cc1c[nH]c([N+](=O)[O-])cc1=O. The fourth-order valence-corrected chi connectivity index (χ4v) is 0.897. The van der Waals surface area contributed by atoms with Gasteiger partial charge in [-0.3, -0.25) is 9.59 Å². The van der Waals surface area contributed by atoms with Crippen LogP contribution in [0.3, 0.4) is 0 Å². The smallest absolute Gasteiger partial charge is 0.324 e. The van der Waals surface area contributed by atoms with Gasteiger partial charge < -0.3 is 15.2 Å². The van der Waals surface area contributed by atoms with Crippen LogP contribution in [0.25, 0.3) is 0 Å². The van der Waals surface area contributed by atoms with Crippen LogP contribution in [0.2, 0.25) is 0 Å². The molecular weight excluding hydrogens is 192 g/mol. The van der Waals surface area contributed by atoms with Crippen LogP contribution in [0.4, 0.5) is 5.82 Å². The molecule has 0 aliphatic carbocycles. The van der Waals surface area contributed by atoms with E-state index in [0.29, 0.717) is 0 Å². The number of carbonyl (C=O) groups is 1. The zero-order valence-electron chi connectivity index (χ0n) is 6.89. The second-order valence-corrected chi connectivity index (χ2v) is 2.54. The first-order valence-corrected chi connectivity index (χ1v) is 3.58. The number of pyridine rings is 1. The third-order valence-electron chi connectivity index (χ3n) is 1.52. The van der Waals surface area contributed by atoms with E-state index in [9.17, 15) is 19.7 Å². The van der Waals surface area contributed by atoms with Gasteiger partial charge in [-0.15, -0.1) is 0 Å². The molecule has 0 aromatic carbocycles. The quantitative estimate of drug-likeness (QED) is 0.520. The topological polar surface area (TPSA) is 113 Å². The summed E-state index contributed by atoms with van der Waals surface area (Å²) in [5, 5.41) is 18.6. The van der Waals surface area contributed by atoms with Crippen molar-refractivity contribution in [3.8, 4) is 0 Å². The van der Waals surface area contributed by atoms with Gasteiger partial charge in [0.25, 0.3) is 0 Å². The van der Waals surface area contributed by atoms with Crippen molar-refractivity contribution in [1.82, 2.24) is 4.98 Å². The fourth-order valence-electron chi connectivity index (χ4n) is 0.897. The Hall–Kier alpha value is -2.18. The average molecular weight is 198 g/mol. The van der Waals surface area contributed by atoms with Gasteiger partial charge in [-0.05, 0) is 4.92 Å². The van der Waals surface area contributed by atoms with Crippen molar-refractivity contribution in [3.05, 3.63) is 38.2 Å². The Balaban J connectivity index is 3.08. The Kier molecular flexibility index (Phi) is 2.61. The van der Waals surface area contributed by atoms with E-state index < -0.39 is 28.6 Å². The molecule has 0 aliphatic heterocycles. The van der Waals surface area contributed by atoms with Gasteiger partial charge in [-0.1, -0.05) is 0 Å². The Labute approximate surface area is 77.2 Å². The summed E-state index contributed by atoms with van der Waals surface area (Å²) >= 11 is 0. The second-order valence-electron chi connectivity index (χ2n) is 2.54. The number of nitro groups is 1. The number of nitrogens with one attached hydrogen (secondary N) is 1. The van der Waals surface area contributed by atoms with Crippen LogP contribution in [-0.4, -0.2) is 21.0 Å². The lowest BCUT2D eigenvalue weighted by molar-refractivity contribution is -0.389. The van der Waals surface area contributed by atoms with Crippen molar-refractivity contribution < 1.29 is 14.8 Å². The number of aromatic amines is 1. The summed E-state index contributed by atoms with van der Waals surface area (Å²) in [6.45, 7) is 0. The number of nitrogens with zero attached hydrogens (tertiary/aromatic N) is 1. The molecule has 14 heavy (non-hydrogen) atoms. The van der Waals surface area contributed by atoms with Crippen molar-refractivity contribution in [3.63, 3.8) is 0 Å². The van der Waals surface area contributed by atoms with E-state index in [-0.39, 0.29) is 5.56 Å². The predicted molar refractivity (Wildman–Crippen MR) is 45.1 cm³/mol. The van der Waals surface area contributed by atoms with Crippen molar-refractivity contribution in [2.75, 3.05) is 0 Å². The minimum atomic E-state index is -1.16. The molecule has 0 saturated carbocycles. The first kappa shape index (κ1) is 9.90. The minimum absolute atomic E-state index is 0.0110. The number of aliphatic carboxylic acids is 1. The number of carboxylic acid groups (broad SMARTS) is 1. The van der Waals surface area contributed by atoms with Gasteiger partial charge in [0.15, 0.2) is 5.43 Å². The van der Waals surface area contributed by atoms with E-state index in [1.807, 2.05) is 0 Å². The molecule has 0 unspecified atom stereocenters. The molecule has 0 atom stereocenters. The first-order chi connectivity index (χ1) is 6.50. The highest BCUT2D eigenvalue weighted by molar-refractivity contribution is 5.70. The average Bonchev–Trinajstić information content (AvgIpc) is 2.07. The summed E-state index contributed by atoms with van der Waals surface area (Å²) < 4.78 is 0. The van der Waals surface area contributed by atoms with E-state index in [1.165, 1.54) is 0 Å². The highest BCUT2D eigenvalue weighted by Crippen LogP contribution is 2.02. The van der Waals surface area contributed by atoms with E-state index in [4.69, 9.17) is 5.11 Å². The molecule has 7 nitrogen and oxygen atoms in total. The summed E-state index contributed by atoms with van der Waals surface area (Å²) in [4.78, 5) is 33.0. The van der Waals surface area contributed by atoms with Crippen LogP contribution in [0.5, 0.6) is 0 Å². The Bertz CT molecular complexity index is 436. The summed E-state index contributed by atoms with van der Waals surface area (Å²) in [7, 11) is 0. The van der Waals surface area contributed by atoms with E-state index in [0.717, 1.165) is 12.3 Å². The Morgan fingerprint density at radius 3 is 2.71 bits per heavy atom. The zero-order chi connectivity index (χ0) is 10.7. The van der Waals surface area contributed by atoms with Crippen LogP contribution >= 0.6 is 0 Å². The minimum Gasteiger partial charge on any atom is -0.481 e. The fraction of sp³-hybridized carbons (Fsp3) is 0.143. The number of H-pyrrole nitrogens is 1. The molecule has 74 valence electrons. The van der Waals surface area contributed by atoms with Gasteiger partial charge in [-0.25, -0.2) is 4.98 Å². The molecule has 0 fully saturated rings. The zero-order valence-corrected chi connectivity index (χ0v) is 6.89. The second kappa shape index (κ2) is 3.69. The number of rotatable bonds is 3. The summed E-state index contributed by atoms with van der Waals surface area (Å²) in [5.74, 6) is -1.62. The largest absolute Gasteiger partial charge is 0.481 e. The Morgan fingerprint density at radius 2 is 2.29 bits per heavy atom. The molecule has 2 N–H and O–H groups in total. The summed E-state index contributed by atoms with van der Waals surface area (Å²) in [6.07, 6.45) is 0.585. The van der Waals surface area contributed by atoms with E-state index in [2.05, 4.69) is 4.98 Å². The van der Waals surface area contributed by atoms with Gasteiger partial charge in [0, 0.05) is 5.56 Å². The maximum Gasteiger partial charge on any atom is 0.324 e. The molecule has 0 spiro atoms. The third kappa shape index (κ3) is 2.16. The molecule has 0 aliphatic rings. The van der Waals surface area contributed by atoms with Gasteiger partial charge in [-0.2, -0.15) is 0 Å². The Morgan fingerprint density at radius 1 is 1.64 bits per heavy atom. The normalized spacial score (nSPS) is 9.71. The number of hydrogen-bond acceptors (Lipinski definition) is 4. The molecule has 0 amide bonds. The number of hydrogen-bond donors (Lipinski definition) is 2. The van der Waals surface area contributed by atoms with E-state index in [1.54, 1.807) is 0 Å². The van der Waals surface area contributed by atoms with Crippen molar-refractivity contribution in [1.29, 1.82) is 0 Å². The standard InChI is InChI=1S/C7H6N2O5/c10-5-2-6(9(13)14)8-3-4(5)1-7(11)12/h2-3H,1H2,(H,8,10)(H,11,12). The van der Waals surface area contributed by atoms with Gasteiger partial charge in [0.1, 0.15) is 0 Å². The van der Waals surface area contributed by atoms with Crippen LogP contribution in [-0.2, 0) is 11.2 Å². The monoisotopic (exact) mass is 198 g/mol. The first-order valence-electron chi connectivity index (χ1n) is 3.58.